The fourth-order valence-electron chi connectivity index (χ4n) is 5.55. The predicted octanol–water partition coefficient (Wildman–Crippen LogP) is 5.24. The van der Waals surface area contributed by atoms with Gasteiger partial charge in [-0.2, -0.15) is 0 Å². The van der Waals surface area contributed by atoms with Gasteiger partial charge in [-0.25, -0.2) is 9.97 Å². The van der Waals surface area contributed by atoms with E-state index in [0.29, 0.717) is 36.2 Å². The number of nitrogens with zero attached hydrogens (tertiary/aromatic N) is 4. The highest BCUT2D eigenvalue weighted by atomic mass is 79.9. The third kappa shape index (κ3) is 6.83. The van der Waals surface area contributed by atoms with Gasteiger partial charge in [-0.05, 0) is 66.8 Å². The largest absolute Gasteiger partial charge is 0.493 e. The van der Waals surface area contributed by atoms with Crippen molar-refractivity contribution in [3.05, 3.63) is 76.5 Å². The minimum absolute atomic E-state index is 0.203. The minimum atomic E-state index is -0.203. The average Bonchev–Trinajstić information content (AvgIpc) is 3.46. The number of benzene rings is 3. The van der Waals surface area contributed by atoms with E-state index in [4.69, 9.17) is 14.2 Å². The summed E-state index contributed by atoms with van der Waals surface area (Å²) in [5.41, 5.74) is 4.36. The van der Waals surface area contributed by atoms with Crippen molar-refractivity contribution in [1.29, 1.82) is 0 Å². The Morgan fingerprint density at radius 3 is 2.62 bits per heavy atom. The SMILES string of the molecule is COc1cc2ncnc(Nc3cccc(Br)c3)c2cc1OCCN1CCN(CC(=O)Oc2ccc3c(c2)CCC3)CC1. The number of anilines is 2. The van der Waals surface area contributed by atoms with Gasteiger partial charge in [-0.3, -0.25) is 14.6 Å². The molecule has 0 saturated carbocycles. The summed E-state index contributed by atoms with van der Waals surface area (Å²) < 4.78 is 18.4. The molecule has 10 heteroatoms. The van der Waals surface area contributed by atoms with E-state index in [1.807, 2.05) is 48.5 Å². The maximum absolute atomic E-state index is 12.6. The number of carbonyl (C=O) groups is 1. The van der Waals surface area contributed by atoms with Gasteiger partial charge >= 0.3 is 5.97 Å². The number of carbonyl (C=O) groups excluding carboxylic acids is 1. The summed E-state index contributed by atoms with van der Waals surface area (Å²) >= 11 is 3.51. The van der Waals surface area contributed by atoms with Crippen molar-refractivity contribution in [3.63, 3.8) is 0 Å². The van der Waals surface area contributed by atoms with Crippen LogP contribution < -0.4 is 19.5 Å². The standard InChI is InChI=1S/C32H34BrN5O4/c1-40-29-19-28-27(32(35-21-34-28)36-25-7-3-6-24(33)17-25)18-30(29)41-15-14-37-10-12-38(13-11-37)20-31(39)42-26-9-8-22-4-2-5-23(22)16-26/h3,6-9,16-19,21H,2,4-5,10-15,20H2,1H3,(H,34,35,36). The zero-order chi connectivity index (χ0) is 28.9. The van der Waals surface area contributed by atoms with Crippen LogP contribution in [0.15, 0.2) is 65.4 Å². The number of hydrogen-bond acceptors (Lipinski definition) is 9. The molecule has 2 aliphatic rings. The Balaban J connectivity index is 1.00. The van der Waals surface area contributed by atoms with Crippen LogP contribution in [0.3, 0.4) is 0 Å². The smallest absolute Gasteiger partial charge is 0.325 e. The van der Waals surface area contributed by atoms with Crippen molar-refractivity contribution in [1.82, 2.24) is 19.8 Å². The highest BCUT2D eigenvalue weighted by Crippen LogP contribution is 2.35. The van der Waals surface area contributed by atoms with Crippen LogP contribution >= 0.6 is 15.9 Å². The Labute approximate surface area is 253 Å². The van der Waals surface area contributed by atoms with Crippen LogP contribution in [0.4, 0.5) is 11.5 Å². The van der Waals surface area contributed by atoms with Gasteiger partial charge in [-0.15, -0.1) is 0 Å². The first-order chi connectivity index (χ1) is 20.5. The Morgan fingerprint density at radius 1 is 0.952 bits per heavy atom. The van der Waals surface area contributed by atoms with Gasteiger partial charge in [0.1, 0.15) is 24.5 Å². The number of esters is 1. The van der Waals surface area contributed by atoms with Gasteiger partial charge in [-0.1, -0.05) is 28.1 Å². The number of nitrogens with one attached hydrogen (secondary N) is 1. The molecule has 1 saturated heterocycles. The second-order valence-electron chi connectivity index (χ2n) is 10.6. The number of aryl methyl sites for hydroxylation is 2. The van der Waals surface area contributed by atoms with Gasteiger partial charge in [0.2, 0.25) is 0 Å². The molecule has 218 valence electrons. The first kappa shape index (κ1) is 28.4. The quantitative estimate of drug-likeness (QED) is 0.186. The lowest BCUT2D eigenvalue weighted by Crippen LogP contribution is -2.49. The zero-order valence-corrected chi connectivity index (χ0v) is 25.2. The minimum Gasteiger partial charge on any atom is -0.493 e. The Morgan fingerprint density at radius 2 is 1.79 bits per heavy atom. The first-order valence-corrected chi connectivity index (χ1v) is 15.1. The summed E-state index contributed by atoms with van der Waals surface area (Å²) in [6.07, 6.45) is 4.90. The molecule has 4 aromatic rings. The average molecular weight is 633 g/mol. The predicted molar refractivity (Wildman–Crippen MR) is 166 cm³/mol. The Kier molecular flexibility index (Phi) is 8.83. The third-order valence-corrected chi connectivity index (χ3v) is 8.29. The summed E-state index contributed by atoms with van der Waals surface area (Å²) in [5, 5.41) is 4.22. The van der Waals surface area contributed by atoms with E-state index < -0.39 is 0 Å². The van der Waals surface area contributed by atoms with Crippen LogP contribution in [0.2, 0.25) is 0 Å². The molecule has 1 N–H and O–H groups in total. The summed E-state index contributed by atoms with van der Waals surface area (Å²) in [7, 11) is 1.63. The van der Waals surface area contributed by atoms with Gasteiger partial charge in [0.25, 0.3) is 0 Å². The summed E-state index contributed by atoms with van der Waals surface area (Å²) in [6, 6.07) is 17.7. The van der Waals surface area contributed by atoms with E-state index in [1.54, 1.807) is 7.11 Å². The molecule has 42 heavy (non-hydrogen) atoms. The lowest BCUT2D eigenvalue weighted by atomic mass is 10.1. The number of methoxy groups -OCH3 is 1. The number of halogens is 1. The lowest BCUT2D eigenvalue weighted by molar-refractivity contribution is -0.136. The number of ether oxygens (including phenoxy) is 3. The van der Waals surface area contributed by atoms with Gasteiger partial charge in [0.05, 0.1) is 19.2 Å². The van der Waals surface area contributed by atoms with E-state index in [2.05, 4.69) is 47.1 Å². The van der Waals surface area contributed by atoms with Gasteiger partial charge in [0.15, 0.2) is 11.5 Å². The molecule has 6 rings (SSSR count). The van der Waals surface area contributed by atoms with Crippen LogP contribution in [-0.2, 0) is 17.6 Å². The van der Waals surface area contributed by atoms with Crippen molar-refractivity contribution < 1.29 is 19.0 Å². The van der Waals surface area contributed by atoms with E-state index >= 15 is 0 Å². The molecule has 0 spiro atoms. The van der Waals surface area contributed by atoms with Crippen LogP contribution in [0.1, 0.15) is 17.5 Å². The van der Waals surface area contributed by atoms with Crippen LogP contribution in [0.5, 0.6) is 17.2 Å². The molecule has 9 nitrogen and oxygen atoms in total. The second-order valence-corrected chi connectivity index (χ2v) is 11.5. The van der Waals surface area contributed by atoms with E-state index in [9.17, 15) is 4.79 Å². The first-order valence-electron chi connectivity index (χ1n) is 14.3. The maximum Gasteiger partial charge on any atom is 0.325 e. The monoisotopic (exact) mass is 631 g/mol. The van der Waals surface area contributed by atoms with Gasteiger partial charge < -0.3 is 19.5 Å². The third-order valence-electron chi connectivity index (χ3n) is 7.79. The van der Waals surface area contributed by atoms with Crippen molar-refractivity contribution in [2.24, 2.45) is 0 Å². The van der Waals surface area contributed by atoms with Crippen molar-refractivity contribution >= 4 is 44.3 Å². The fraction of sp³-hybridized carbons (Fsp3) is 0.344. The molecule has 1 aliphatic carbocycles. The lowest BCUT2D eigenvalue weighted by Gasteiger charge is -2.33. The normalized spacial score (nSPS) is 15.4. The Bertz CT molecular complexity index is 1570. The number of fused-ring (bicyclic) bond motifs is 2. The number of aromatic nitrogens is 2. The van der Waals surface area contributed by atoms with E-state index in [1.165, 1.54) is 23.9 Å². The summed E-state index contributed by atoms with van der Waals surface area (Å²) in [6.45, 7) is 4.90. The summed E-state index contributed by atoms with van der Waals surface area (Å²) in [5.74, 6) is 2.41. The molecule has 0 atom stereocenters. The van der Waals surface area contributed by atoms with Crippen LogP contribution in [0, 0.1) is 0 Å². The molecule has 1 aliphatic heterocycles. The number of rotatable bonds is 10. The molecule has 0 radical (unpaired) electrons. The second kappa shape index (κ2) is 13.1. The van der Waals surface area contributed by atoms with Crippen LogP contribution in [-0.4, -0.2) is 78.7 Å². The maximum atomic E-state index is 12.6. The summed E-state index contributed by atoms with van der Waals surface area (Å²) in [4.78, 5) is 26.0. The molecule has 1 aromatic heterocycles. The molecule has 2 heterocycles. The molecular weight excluding hydrogens is 598 g/mol. The van der Waals surface area contributed by atoms with E-state index in [-0.39, 0.29) is 5.97 Å². The molecule has 0 unspecified atom stereocenters. The Hall–Kier alpha value is -3.73. The van der Waals surface area contributed by atoms with Crippen molar-refractivity contribution in [2.75, 3.05) is 58.3 Å². The fourth-order valence-corrected chi connectivity index (χ4v) is 5.95. The molecule has 0 amide bonds. The topological polar surface area (TPSA) is 89.1 Å². The highest BCUT2D eigenvalue weighted by Gasteiger charge is 2.21. The molecule has 1 fully saturated rings. The van der Waals surface area contributed by atoms with Crippen molar-refractivity contribution in [2.45, 2.75) is 19.3 Å². The van der Waals surface area contributed by atoms with Gasteiger partial charge in [0, 0.05) is 54.3 Å². The van der Waals surface area contributed by atoms with E-state index in [0.717, 1.165) is 66.6 Å². The number of piperazine rings is 1. The zero-order valence-electron chi connectivity index (χ0n) is 23.6. The highest BCUT2D eigenvalue weighted by molar-refractivity contribution is 9.10. The van der Waals surface area contributed by atoms with Crippen LogP contribution in [0.25, 0.3) is 10.9 Å². The molecule has 0 bridgehead atoms. The number of hydrogen-bond donors (Lipinski definition) is 1. The molecule has 3 aromatic carbocycles. The molecular formula is C32H34BrN5O4. The van der Waals surface area contributed by atoms with Crippen molar-refractivity contribution in [3.8, 4) is 17.2 Å².